The third-order valence-corrected chi connectivity index (χ3v) is 5.23. The van der Waals surface area contributed by atoms with E-state index in [4.69, 9.17) is 0 Å². The number of anilines is 1. The van der Waals surface area contributed by atoms with E-state index < -0.39 is 0 Å². The van der Waals surface area contributed by atoms with Gasteiger partial charge in [-0.2, -0.15) is 5.26 Å². The molecule has 2 aromatic carbocycles. The number of para-hydroxylation sites is 1. The minimum absolute atomic E-state index is 0.146. The molecule has 3 rings (SSSR count). The summed E-state index contributed by atoms with van der Waals surface area (Å²) in [6.45, 7) is 2.00. The topological polar surface area (TPSA) is 65.8 Å². The summed E-state index contributed by atoms with van der Waals surface area (Å²) in [6, 6.07) is 17.3. The van der Waals surface area contributed by atoms with Crippen molar-refractivity contribution in [3.8, 4) is 6.07 Å². The fourth-order valence-corrected chi connectivity index (χ4v) is 3.48. The molecule has 0 aliphatic carbocycles. The first-order valence-electron chi connectivity index (χ1n) is 7.55. The summed E-state index contributed by atoms with van der Waals surface area (Å²) in [4.78, 5) is 16.7. The van der Waals surface area contributed by atoms with Crippen LogP contribution < -0.4 is 5.32 Å². The van der Waals surface area contributed by atoms with E-state index in [2.05, 4.69) is 32.3 Å². The number of carbonyl (C=O) groups is 1. The summed E-state index contributed by atoms with van der Waals surface area (Å²) in [5, 5.41) is 13.7. The van der Waals surface area contributed by atoms with Gasteiger partial charge in [-0.05, 0) is 52.7 Å². The number of rotatable bonds is 4. The minimum atomic E-state index is -0.146. The van der Waals surface area contributed by atoms with Crippen molar-refractivity contribution in [2.75, 3.05) is 11.1 Å². The number of thioether (sulfide) groups is 1. The molecule has 3 aromatic rings. The Balaban J connectivity index is 1.77. The van der Waals surface area contributed by atoms with Gasteiger partial charge in [-0.25, -0.2) is 4.98 Å². The van der Waals surface area contributed by atoms with Crippen molar-refractivity contribution in [3.05, 3.63) is 64.1 Å². The number of hydrogen-bond donors (Lipinski definition) is 1. The van der Waals surface area contributed by atoms with E-state index in [0.29, 0.717) is 10.6 Å². The van der Waals surface area contributed by atoms with E-state index in [1.807, 2.05) is 55.5 Å². The lowest BCUT2D eigenvalue weighted by Crippen LogP contribution is -2.14. The number of aromatic nitrogens is 1. The number of halogens is 1. The lowest BCUT2D eigenvalue weighted by atomic mass is 10.1. The summed E-state index contributed by atoms with van der Waals surface area (Å²) in [5.74, 6) is 0.0345. The maximum absolute atomic E-state index is 12.2. The molecule has 0 fully saturated rings. The molecule has 1 aromatic heterocycles. The standard InChI is InChI=1S/C19H14BrN3OS/c1-12-6-7-13-9-14(10-21)19(23-17(13)8-12)25-11-18(24)22-16-5-3-2-4-15(16)20/h2-9H,11H2,1H3,(H,22,24). The van der Waals surface area contributed by atoms with Crippen molar-refractivity contribution in [2.24, 2.45) is 0 Å². The quantitative estimate of drug-likeness (QED) is 0.619. The average molecular weight is 412 g/mol. The number of nitrogens with zero attached hydrogens (tertiary/aromatic N) is 2. The zero-order chi connectivity index (χ0) is 17.8. The van der Waals surface area contributed by atoms with Crippen molar-refractivity contribution in [2.45, 2.75) is 11.9 Å². The lowest BCUT2D eigenvalue weighted by Gasteiger charge is -2.08. The summed E-state index contributed by atoms with van der Waals surface area (Å²) in [7, 11) is 0. The van der Waals surface area contributed by atoms with Crippen LogP contribution in [0.1, 0.15) is 11.1 Å². The smallest absolute Gasteiger partial charge is 0.234 e. The molecule has 4 nitrogen and oxygen atoms in total. The normalized spacial score (nSPS) is 10.4. The number of amides is 1. The Bertz CT molecular complexity index is 998. The predicted molar refractivity (Wildman–Crippen MR) is 105 cm³/mol. The number of fused-ring (bicyclic) bond motifs is 1. The molecule has 25 heavy (non-hydrogen) atoms. The first kappa shape index (κ1) is 17.5. The van der Waals surface area contributed by atoms with E-state index in [-0.39, 0.29) is 11.7 Å². The molecule has 0 aliphatic heterocycles. The molecule has 6 heteroatoms. The third kappa shape index (κ3) is 4.19. The maximum atomic E-state index is 12.2. The van der Waals surface area contributed by atoms with Gasteiger partial charge in [0.05, 0.1) is 22.5 Å². The van der Waals surface area contributed by atoms with Crippen LogP contribution in [0.4, 0.5) is 5.69 Å². The first-order valence-corrected chi connectivity index (χ1v) is 9.33. The highest BCUT2D eigenvalue weighted by atomic mass is 79.9. The molecule has 0 bridgehead atoms. The number of carbonyl (C=O) groups excluding carboxylic acids is 1. The molecule has 1 N–H and O–H groups in total. The molecule has 0 unspecified atom stereocenters. The molecule has 0 spiro atoms. The van der Waals surface area contributed by atoms with Crippen LogP contribution >= 0.6 is 27.7 Å². The number of benzene rings is 2. The average Bonchev–Trinajstić information content (AvgIpc) is 2.61. The van der Waals surface area contributed by atoms with Gasteiger partial charge in [0, 0.05) is 9.86 Å². The van der Waals surface area contributed by atoms with Crippen molar-refractivity contribution in [3.63, 3.8) is 0 Å². The Morgan fingerprint density at radius 1 is 1.28 bits per heavy atom. The zero-order valence-corrected chi connectivity index (χ0v) is 15.8. The van der Waals surface area contributed by atoms with Gasteiger partial charge in [-0.15, -0.1) is 0 Å². The van der Waals surface area contributed by atoms with Crippen LogP contribution in [0.2, 0.25) is 0 Å². The van der Waals surface area contributed by atoms with Gasteiger partial charge in [-0.1, -0.05) is 36.0 Å². The van der Waals surface area contributed by atoms with Gasteiger partial charge in [0.2, 0.25) is 5.91 Å². The van der Waals surface area contributed by atoms with Crippen molar-refractivity contribution in [1.29, 1.82) is 5.26 Å². The SMILES string of the molecule is Cc1ccc2cc(C#N)c(SCC(=O)Nc3ccccc3Br)nc2c1. The molecule has 0 radical (unpaired) electrons. The van der Waals surface area contributed by atoms with Crippen LogP contribution in [0.5, 0.6) is 0 Å². The highest BCUT2D eigenvalue weighted by Crippen LogP contribution is 2.26. The summed E-state index contributed by atoms with van der Waals surface area (Å²) in [5.41, 5.74) is 3.13. The predicted octanol–water partition coefficient (Wildman–Crippen LogP) is 4.91. The van der Waals surface area contributed by atoms with Crippen LogP contribution in [0.25, 0.3) is 10.9 Å². The molecular weight excluding hydrogens is 398 g/mol. The molecule has 0 saturated heterocycles. The largest absolute Gasteiger partial charge is 0.324 e. The molecular formula is C19H14BrN3OS. The van der Waals surface area contributed by atoms with E-state index in [0.717, 1.165) is 26.6 Å². The van der Waals surface area contributed by atoms with Crippen LogP contribution in [0.15, 0.2) is 58.0 Å². The molecule has 0 aliphatic rings. The van der Waals surface area contributed by atoms with E-state index in [1.54, 1.807) is 0 Å². The van der Waals surface area contributed by atoms with Crippen molar-refractivity contribution >= 4 is 50.2 Å². The highest BCUT2D eigenvalue weighted by Gasteiger charge is 2.11. The van der Waals surface area contributed by atoms with E-state index >= 15 is 0 Å². The molecule has 1 heterocycles. The van der Waals surface area contributed by atoms with Gasteiger partial charge in [-0.3, -0.25) is 4.79 Å². The Morgan fingerprint density at radius 2 is 2.08 bits per heavy atom. The Hall–Kier alpha value is -2.36. The molecule has 1 amide bonds. The summed E-state index contributed by atoms with van der Waals surface area (Å²) in [6.07, 6.45) is 0. The van der Waals surface area contributed by atoms with Crippen LogP contribution in [-0.2, 0) is 4.79 Å². The fourth-order valence-electron chi connectivity index (χ4n) is 2.33. The zero-order valence-electron chi connectivity index (χ0n) is 13.4. The van der Waals surface area contributed by atoms with Crippen LogP contribution in [0.3, 0.4) is 0 Å². The maximum Gasteiger partial charge on any atom is 0.234 e. The van der Waals surface area contributed by atoms with E-state index in [1.165, 1.54) is 11.8 Å². The second kappa shape index (κ2) is 7.68. The second-order valence-electron chi connectivity index (χ2n) is 5.47. The van der Waals surface area contributed by atoms with Crippen LogP contribution in [-0.4, -0.2) is 16.6 Å². The highest BCUT2D eigenvalue weighted by molar-refractivity contribution is 9.10. The Labute approximate surface area is 158 Å². The van der Waals surface area contributed by atoms with Crippen molar-refractivity contribution < 1.29 is 4.79 Å². The number of nitrogens with one attached hydrogen (secondary N) is 1. The Morgan fingerprint density at radius 3 is 2.84 bits per heavy atom. The van der Waals surface area contributed by atoms with Gasteiger partial charge in [0.25, 0.3) is 0 Å². The number of pyridine rings is 1. The monoisotopic (exact) mass is 411 g/mol. The van der Waals surface area contributed by atoms with E-state index in [9.17, 15) is 10.1 Å². The first-order chi connectivity index (χ1) is 12.1. The Kier molecular flexibility index (Phi) is 5.37. The summed E-state index contributed by atoms with van der Waals surface area (Å²) >= 11 is 4.67. The van der Waals surface area contributed by atoms with Gasteiger partial charge >= 0.3 is 0 Å². The third-order valence-electron chi connectivity index (χ3n) is 3.55. The van der Waals surface area contributed by atoms with Gasteiger partial charge in [0.1, 0.15) is 11.1 Å². The van der Waals surface area contributed by atoms with Gasteiger partial charge < -0.3 is 5.32 Å². The van der Waals surface area contributed by atoms with Gasteiger partial charge in [0.15, 0.2) is 0 Å². The minimum Gasteiger partial charge on any atom is -0.324 e. The van der Waals surface area contributed by atoms with Crippen molar-refractivity contribution in [1.82, 2.24) is 4.98 Å². The number of aryl methyl sites for hydroxylation is 1. The second-order valence-corrected chi connectivity index (χ2v) is 7.28. The molecule has 0 atom stereocenters. The molecule has 124 valence electrons. The lowest BCUT2D eigenvalue weighted by molar-refractivity contribution is -0.113. The fraction of sp³-hybridized carbons (Fsp3) is 0.105. The van der Waals surface area contributed by atoms with Crippen LogP contribution in [0, 0.1) is 18.3 Å². The number of nitriles is 1. The summed E-state index contributed by atoms with van der Waals surface area (Å²) < 4.78 is 0.824. The molecule has 0 saturated carbocycles. The number of hydrogen-bond acceptors (Lipinski definition) is 4.